The van der Waals surface area contributed by atoms with Crippen LogP contribution in [0.5, 0.6) is 0 Å². The molecule has 0 atom stereocenters. The maximum atomic E-state index is 13.0. The van der Waals surface area contributed by atoms with Crippen LogP contribution in [0.3, 0.4) is 0 Å². The molecule has 2 amide bonds. The molecule has 3 aromatic rings. The van der Waals surface area contributed by atoms with E-state index in [2.05, 4.69) is 10.2 Å². The monoisotopic (exact) mass is 462 g/mol. The summed E-state index contributed by atoms with van der Waals surface area (Å²) < 4.78 is 5.04. The van der Waals surface area contributed by atoms with Crippen LogP contribution in [0.1, 0.15) is 22.8 Å². The highest BCUT2D eigenvalue weighted by Gasteiger charge is 2.25. The Labute approximate surface area is 197 Å². The van der Waals surface area contributed by atoms with Gasteiger partial charge in [0, 0.05) is 43.1 Å². The van der Waals surface area contributed by atoms with Crippen LogP contribution in [0.4, 0.5) is 4.79 Å². The van der Waals surface area contributed by atoms with Crippen molar-refractivity contribution in [3.8, 4) is 11.3 Å². The van der Waals surface area contributed by atoms with Gasteiger partial charge in [0.1, 0.15) is 5.03 Å². The molecule has 0 spiro atoms. The van der Waals surface area contributed by atoms with E-state index in [0.29, 0.717) is 44.1 Å². The second-order valence-corrected chi connectivity index (χ2v) is 8.59. The van der Waals surface area contributed by atoms with E-state index in [0.717, 1.165) is 21.8 Å². The summed E-state index contributed by atoms with van der Waals surface area (Å²) in [6.45, 7) is 4.11. The molecule has 1 aromatic heterocycles. The van der Waals surface area contributed by atoms with Crippen molar-refractivity contribution in [2.75, 3.05) is 32.8 Å². The van der Waals surface area contributed by atoms with Gasteiger partial charge in [-0.1, -0.05) is 54.2 Å². The van der Waals surface area contributed by atoms with Crippen molar-refractivity contribution in [3.63, 3.8) is 0 Å². The van der Waals surface area contributed by atoms with Gasteiger partial charge in [-0.25, -0.2) is 4.79 Å². The minimum absolute atomic E-state index is 0.0163. The summed E-state index contributed by atoms with van der Waals surface area (Å²) in [4.78, 5) is 28.3. The van der Waals surface area contributed by atoms with Gasteiger partial charge in [0.25, 0.3) is 5.91 Å². The van der Waals surface area contributed by atoms with Crippen LogP contribution >= 0.6 is 11.8 Å². The molecule has 1 aliphatic rings. The lowest BCUT2D eigenvalue weighted by Crippen LogP contribution is -2.50. The average molecular weight is 463 g/mol. The van der Waals surface area contributed by atoms with Gasteiger partial charge in [0.2, 0.25) is 0 Å². The number of hydrogen-bond acceptors (Lipinski definition) is 6. The number of piperazine rings is 1. The molecule has 1 fully saturated rings. The van der Waals surface area contributed by atoms with Crippen LogP contribution in [-0.2, 0) is 10.5 Å². The van der Waals surface area contributed by atoms with E-state index in [4.69, 9.17) is 4.74 Å². The van der Waals surface area contributed by atoms with E-state index in [1.165, 1.54) is 0 Å². The smallest absolute Gasteiger partial charge is 0.409 e. The highest BCUT2D eigenvalue weighted by atomic mass is 32.2. The highest BCUT2D eigenvalue weighted by molar-refractivity contribution is 7.98. The number of ether oxygens (including phenoxy) is 1. The second kappa shape index (κ2) is 11.0. The van der Waals surface area contributed by atoms with Crippen molar-refractivity contribution in [2.45, 2.75) is 17.7 Å². The number of hydrogen-bond donors (Lipinski definition) is 0. The summed E-state index contributed by atoms with van der Waals surface area (Å²) in [5.41, 5.74) is 3.58. The van der Waals surface area contributed by atoms with Crippen LogP contribution in [0.15, 0.2) is 71.8 Å². The maximum Gasteiger partial charge on any atom is 0.409 e. The maximum absolute atomic E-state index is 13.0. The van der Waals surface area contributed by atoms with E-state index < -0.39 is 0 Å². The lowest BCUT2D eigenvalue weighted by Gasteiger charge is -2.34. The van der Waals surface area contributed by atoms with Gasteiger partial charge in [-0.3, -0.25) is 4.79 Å². The third-order valence-corrected chi connectivity index (χ3v) is 6.35. The van der Waals surface area contributed by atoms with Crippen molar-refractivity contribution in [3.05, 3.63) is 77.9 Å². The first-order chi connectivity index (χ1) is 16.1. The molecule has 1 saturated heterocycles. The minimum Gasteiger partial charge on any atom is -0.450 e. The third kappa shape index (κ3) is 5.90. The fourth-order valence-electron chi connectivity index (χ4n) is 3.60. The van der Waals surface area contributed by atoms with Gasteiger partial charge in [0.15, 0.2) is 0 Å². The number of benzene rings is 2. The molecule has 170 valence electrons. The molecular formula is C25H26N4O3S. The molecule has 8 heteroatoms. The Hall–Kier alpha value is -3.39. The van der Waals surface area contributed by atoms with E-state index in [1.54, 1.807) is 28.5 Å². The second-order valence-electron chi connectivity index (χ2n) is 7.59. The van der Waals surface area contributed by atoms with Gasteiger partial charge in [-0.15, -0.1) is 10.2 Å². The SMILES string of the molecule is CCOC(=O)N1CCN(C(=O)c2cccc(CSc3ccc(-c4ccccc4)nn3)c2)CC1. The van der Waals surface area contributed by atoms with Gasteiger partial charge >= 0.3 is 6.09 Å². The zero-order chi connectivity index (χ0) is 23.0. The highest BCUT2D eigenvalue weighted by Crippen LogP contribution is 2.23. The quantitative estimate of drug-likeness (QED) is 0.507. The first-order valence-electron chi connectivity index (χ1n) is 11.0. The number of rotatable bonds is 6. The number of carbonyl (C=O) groups excluding carboxylic acids is 2. The Morgan fingerprint density at radius 3 is 2.36 bits per heavy atom. The molecule has 0 N–H and O–H groups in total. The zero-order valence-corrected chi connectivity index (χ0v) is 19.3. The van der Waals surface area contributed by atoms with E-state index >= 15 is 0 Å². The predicted molar refractivity (Wildman–Crippen MR) is 128 cm³/mol. The molecule has 0 unspecified atom stereocenters. The molecular weight excluding hydrogens is 436 g/mol. The molecule has 0 aliphatic carbocycles. The molecule has 2 aromatic carbocycles. The number of nitrogens with zero attached hydrogens (tertiary/aromatic N) is 4. The molecule has 0 saturated carbocycles. The molecule has 33 heavy (non-hydrogen) atoms. The van der Waals surface area contributed by atoms with E-state index in [9.17, 15) is 9.59 Å². The van der Waals surface area contributed by atoms with Crippen molar-refractivity contribution in [1.29, 1.82) is 0 Å². The largest absolute Gasteiger partial charge is 0.450 e. The van der Waals surface area contributed by atoms with Crippen LogP contribution < -0.4 is 0 Å². The van der Waals surface area contributed by atoms with E-state index in [1.807, 2.05) is 66.7 Å². The Morgan fingerprint density at radius 2 is 1.67 bits per heavy atom. The van der Waals surface area contributed by atoms with Crippen molar-refractivity contribution in [1.82, 2.24) is 20.0 Å². The first kappa shape index (κ1) is 22.8. The van der Waals surface area contributed by atoms with Crippen LogP contribution in [0.2, 0.25) is 0 Å². The lowest BCUT2D eigenvalue weighted by atomic mass is 10.1. The number of carbonyl (C=O) groups is 2. The number of thioether (sulfide) groups is 1. The van der Waals surface area contributed by atoms with Crippen LogP contribution in [-0.4, -0.2) is 64.8 Å². The average Bonchev–Trinajstić information content (AvgIpc) is 2.88. The summed E-state index contributed by atoms with van der Waals surface area (Å²) in [7, 11) is 0. The van der Waals surface area contributed by atoms with Crippen molar-refractivity contribution in [2.24, 2.45) is 0 Å². The minimum atomic E-state index is -0.316. The molecule has 4 rings (SSSR count). The van der Waals surface area contributed by atoms with Gasteiger partial charge in [0.05, 0.1) is 12.3 Å². The molecule has 0 radical (unpaired) electrons. The fraction of sp³-hybridized carbons (Fsp3) is 0.280. The van der Waals surface area contributed by atoms with Crippen molar-refractivity contribution >= 4 is 23.8 Å². The van der Waals surface area contributed by atoms with Crippen LogP contribution in [0.25, 0.3) is 11.3 Å². The molecule has 0 bridgehead atoms. The Kier molecular flexibility index (Phi) is 7.57. The summed E-state index contributed by atoms with van der Waals surface area (Å²) in [5.74, 6) is 0.675. The predicted octanol–water partition coefficient (Wildman–Crippen LogP) is 4.35. The lowest BCUT2D eigenvalue weighted by molar-refractivity contribution is 0.0570. The Bertz CT molecular complexity index is 1080. The normalized spacial score (nSPS) is 13.6. The summed E-state index contributed by atoms with van der Waals surface area (Å²) in [5, 5.41) is 9.50. The Balaban J connectivity index is 1.32. The van der Waals surface area contributed by atoms with E-state index in [-0.39, 0.29) is 12.0 Å². The molecule has 1 aliphatic heterocycles. The summed E-state index contributed by atoms with van der Waals surface area (Å²) in [6.07, 6.45) is -0.316. The number of aromatic nitrogens is 2. The standard InChI is InChI=1S/C25H26N4O3S/c1-2-32-25(31)29-15-13-28(14-16-29)24(30)21-10-6-7-19(17-21)18-33-23-12-11-22(26-27-23)20-8-4-3-5-9-20/h3-12,17H,2,13-16,18H2,1H3. The summed E-state index contributed by atoms with van der Waals surface area (Å²) in [6, 6.07) is 21.6. The Morgan fingerprint density at radius 1 is 0.909 bits per heavy atom. The van der Waals surface area contributed by atoms with Crippen LogP contribution in [0, 0.1) is 0 Å². The number of amides is 2. The molecule has 2 heterocycles. The van der Waals surface area contributed by atoms with Gasteiger partial charge in [-0.05, 0) is 36.8 Å². The molecule has 7 nitrogen and oxygen atoms in total. The summed E-state index contributed by atoms with van der Waals surface area (Å²) >= 11 is 1.58. The zero-order valence-electron chi connectivity index (χ0n) is 18.5. The van der Waals surface area contributed by atoms with Gasteiger partial charge < -0.3 is 14.5 Å². The fourth-order valence-corrected chi connectivity index (χ4v) is 4.36. The topological polar surface area (TPSA) is 75.6 Å². The van der Waals surface area contributed by atoms with Crippen molar-refractivity contribution < 1.29 is 14.3 Å². The first-order valence-corrected chi connectivity index (χ1v) is 11.9. The van der Waals surface area contributed by atoms with Gasteiger partial charge in [-0.2, -0.15) is 0 Å². The third-order valence-electron chi connectivity index (χ3n) is 5.36.